The largest absolute Gasteiger partial charge is 0.0856 e. The summed E-state index contributed by atoms with van der Waals surface area (Å²) in [6.45, 7) is 6.92. The monoisotopic (exact) mass is 332 g/mol. The van der Waals surface area contributed by atoms with Gasteiger partial charge in [0.1, 0.15) is 0 Å². The quantitative estimate of drug-likeness (QED) is 0.226. The van der Waals surface area contributed by atoms with Crippen LogP contribution in [0.5, 0.6) is 0 Å². The molecule has 0 saturated carbocycles. The van der Waals surface area contributed by atoms with Crippen LogP contribution in [0.4, 0.5) is 0 Å². The van der Waals surface area contributed by atoms with Crippen molar-refractivity contribution in [3.8, 4) is 0 Å². The van der Waals surface area contributed by atoms with Crippen LogP contribution in [0.15, 0.2) is 0 Å². The maximum absolute atomic E-state index is 3.87. The Morgan fingerprint density at radius 3 is 1.42 bits per heavy atom. The van der Waals surface area contributed by atoms with Crippen molar-refractivity contribution in [3.63, 3.8) is 0 Å². The minimum atomic E-state index is 0.404. The molecule has 1 atom stereocenters. The van der Waals surface area contributed by atoms with E-state index < -0.39 is 0 Å². The van der Waals surface area contributed by atoms with Gasteiger partial charge in [-0.1, -0.05) is 107 Å². The number of unbranched alkanes of at least 4 members (excludes halogenated alkanes) is 10. The van der Waals surface area contributed by atoms with Crippen LogP contribution in [0.2, 0.25) is 0 Å². The van der Waals surface area contributed by atoms with E-state index in [9.17, 15) is 0 Å². The van der Waals surface area contributed by atoms with Crippen molar-refractivity contribution in [1.29, 1.82) is 0 Å². The van der Waals surface area contributed by atoms with E-state index in [1.165, 1.54) is 89.9 Å². The van der Waals surface area contributed by atoms with Crippen LogP contribution in [0, 0.1) is 0 Å². The average Bonchev–Trinajstić information content (AvgIpc) is 2.36. The summed E-state index contributed by atoms with van der Waals surface area (Å²) in [5.41, 5.74) is 0. The first-order valence-electron chi connectivity index (χ1n) is 8.81. The molecule has 0 aromatic heterocycles. The van der Waals surface area contributed by atoms with E-state index in [2.05, 4.69) is 36.7 Å². The number of halogens is 1. The Morgan fingerprint density at radius 2 is 1.00 bits per heavy atom. The van der Waals surface area contributed by atoms with Crippen molar-refractivity contribution >= 4 is 15.9 Å². The highest BCUT2D eigenvalue weighted by atomic mass is 79.9. The summed E-state index contributed by atoms with van der Waals surface area (Å²) in [7, 11) is 0. The molecule has 19 heavy (non-hydrogen) atoms. The highest BCUT2D eigenvalue weighted by molar-refractivity contribution is 9.10. The number of alkyl halides is 1. The molecule has 0 rings (SSSR count). The summed E-state index contributed by atoms with van der Waals surface area (Å²) < 4.78 is 0.404. The van der Waals surface area contributed by atoms with Gasteiger partial charge in [-0.15, -0.1) is 0 Å². The van der Waals surface area contributed by atoms with Crippen molar-refractivity contribution in [2.24, 2.45) is 0 Å². The lowest BCUT2D eigenvalue weighted by atomic mass is 9.97. The molecule has 0 N–H and O–H groups in total. The van der Waals surface area contributed by atoms with E-state index in [0.717, 1.165) is 0 Å². The fraction of sp³-hybridized carbons (Fsp3) is 1.00. The topological polar surface area (TPSA) is 0 Å². The molecule has 0 bridgehead atoms. The standard InChI is InChI=1S/C18H37Br/c1-4-6-7-8-9-10-11-12-13-14-15-17-18(3,19)16-5-2/h4-17H2,1-3H3. The smallest absolute Gasteiger partial charge is 0.0229 e. The van der Waals surface area contributed by atoms with E-state index in [0.29, 0.717) is 4.32 Å². The first-order valence-corrected chi connectivity index (χ1v) is 9.60. The number of rotatable bonds is 14. The zero-order valence-electron chi connectivity index (χ0n) is 13.8. The zero-order valence-corrected chi connectivity index (χ0v) is 15.4. The highest BCUT2D eigenvalue weighted by Crippen LogP contribution is 2.29. The predicted molar refractivity (Wildman–Crippen MR) is 93.3 cm³/mol. The van der Waals surface area contributed by atoms with Gasteiger partial charge in [0.2, 0.25) is 0 Å². The lowest BCUT2D eigenvalue weighted by Gasteiger charge is -2.21. The van der Waals surface area contributed by atoms with Crippen molar-refractivity contribution in [1.82, 2.24) is 0 Å². The lowest BCUT2D eigenvalue weighted by molar-refractivity contribution is 0.492. The van der Waals surface area contributed by atoms with Crippen LogP contribution < -0.4 is 0 Å². The summed E-state index contributed by atoms with van der Waals surface area (Å²) in [5, 5.41) is 0. The SMILES string of the molecule is CCCCCCCCCCCCCC(C)(Br)CCC. The molecule has 0 aliphatic carbocycles. The Labute approximate surface area is 131 Å². The van der Waals surface area contributed by atoms with Gasteiger partial charge in [0.15, 0.2) is 0 Å². The van der Waals surface area contributed by atoms with Gasteiger partial charge in [0.05, 0.1) is 0 Å². The summed E-state index contributed by atoms with van der Waals surface area (Å²) >= 11 is 3.87. The predicted octanol–water partition coefficient (Wildman–Crippen LogP) is 7.64. The van der Waals surface area contributed by atoms with E-state index in [-0.39, 0.29) is 0 Å². The Balaban J connectivity index is 3.14. The molecule has 0 aromatic carbocycles. The van der Waals surface area contributed by atoms with Gasteiger partial charge < -0.3 is 0 Å². The van der Waals surface area contributed by atoms with Gasteiger partial charge in [-0.2, -0.15) is 0 Å². The molecule has 0 heterocycles. The minimum Gasteiger partial charge on any atom is -0.0856 e. The molecule has 0 aromatic rings. The number of hydrogen-bond donors (Lipinski definition) is 0. The van der Waals surface area contributed by atoms with E-state index >= 15 is 0 Å². The van der Waals surface area contributed by atoms with Gasteiger partial charge in [0.25, 0.3) is 0 Å². The van der Waals surface area contributed by atoms with Crippen molar-refractivity contribution < 1.29 is 0 Å². The highest BCUT2D eigenvalue weighted by Gasteiger charge is 2.17. The Kier molecular flexibility index (Phi) is 13.8. The molecule has 0 fully saturated rings. The third-order valence-electron chi connectivity index (χ3n) is 4.07. The second-order valence-corrected chi connectivity index (χ2v) is 8.36. The van der Waals surface area contributed by atoms with Gasteiger partial charge in [-0.25, -0.2) is 0 Å². The van der Waals surface area contributed by atoms with Crippen LogP contribution in [0.1, 0.15) is 111 Å². The minimum absolute atomic E-state index is 0.404. The van der Waals surface area contributed by atoms with E-state index in [4.69, 9.17) is 0 Å². The molecule has 0 spiro atoms. The van der Waals surface area contributed by atoms with Gasteiger partial charge in [-0.05, 0) is 19.8 Å². The van der Waals surface area contributed by atoms with E-state index in [1.807, 2.05) is 0 Å². The first kappa shape index (κ1) is 19.5. The molecule has 0 radical (unpaired) electrons. The molecule has 0 aliphatic rings. The van der Waals surface area contributed by atoms with Crippen LogP contribution in [0.25, 0.3) is 0 Å². The Morgan fingerprint density at radius 1 is 0.579 bits per heavy atom. The van der Waals surface area contributed by atoms with Crippen LogP contribution in [-0.4, -0.2) is 4.32 Å². The zero-order chi connectivity index (χ0) is 14.4. The van der Waals surface area contributed by atoms with Gasteiger partial charge in [-0.3, -0.25) is 0 Å². The normalized spacial score (nSPS) is 14.5. The first-order chi connectivity index (χ1) is 9.12. The fourth-order valence-electron chi connectivity index (χ4n) is 2.80. The molecule has 1 unspecified atom stereocenters. The van der Waals surface area contributed by atoms with Crippen molar-refractivity contribution in [2.45, 2.75) is 115 Å². The molecule has 0 nitrogen and oxygen atoms in total. The number of hydrogen-bond acceptors (Lipinski definition) is 0. The second-order valence-electron chi connectivity index (χ2n) is 6.45. The molecular formula is C18H37Br. The van der Waals surface area contributed by atoms with Crippen LogP contribution in [0.3, 0.4) is 0 Å². The van der Waals surface area contributed by atoms with Crippen molar-refractivity contribution in [2.75, 3.05) is 0 Å². The lowest BCUT2D eigenvalue weighted by Crippen LogP contribution is -2.14. The molecule has 0 amide bonds. The third kappa shape index (κ3) is 14.7. The Hall–Kier alpha value is 0.480. The summed E-state index contributed by atoms with van der Waals surface area (Å²) in [5.74, 6) is 0. The fourth-order valence-corrected chi connectivity index (χ4v) is 3.48. The van der Waals surface area contributed by atoms with E-state index in [1.54, 1.807) is 0 Å². The van der Waals surface area contributed by atoms with Gasteiger partial charge in [0, 0.05) is 4.32 Å². The maximum Gasteiger partial charge on any atom is 0.0229 e. The second kappa shape index (κ2) is 13.5. The Bertz CT molecular complexity index is 175. The third-order valence-corrected chi connectivity index (χ3v) is 4.87. The maximum atomic E-state index is 3.87. The van der Waals surface area contributed by atoms with Gasteiger partial charge >= 0.3 is 0 Å². The molecule has 116 valence electrons. The average molecular weight is 333 g/mol. The summed E-state index contributed by atoms with van der Waals surface area (Å²) in [6, 6.07) is 0. The molecule has 0 aliphatic heterocycles. The molecular weight excluding hydrogens is 296 g/mol. The summed E-state index contributed by atoms with van der Waals surface area (Å²) in [6.07, 6.45) is 19.8. The van der Waals surface area contributed by atoms with Crippen molar-refractivity contribution in [3.05, 3.63) is 0 Å². The van der Waals surface area contributed by atoms with Crippen LogP contribution >= 0.6 is 15.9 Å². The summed E-state index contributed by atoms with van der Waals surface area (Å²) in [4.78, 5) is 0. The molecule has 0 saturated heterocycles. The van der Waals surface area contributed by atoms with Crippen LogP contribution in [-0.2, 0) is 0 Å². The molecule has 1 heteroatoms.